The molecule has 220 valence electrons. The lowest BCUT2D eigenvalue weighted by molar-refractivity contribution is 0.272. The fraction of sp³-hybridized carbons (Fsp3) is 0.469. The zero-order valence-electron chi connectivity index (χ0n) is 25.8. The summed E-state index contributed by atoms with van der Waals surface area (Å²) in [5, 5.41) is 11.7. The summed E-state index contributed by atoms with van der Waals surface area (Å²) in [6, 6.07) is 16.5. The van der Waals surface area contributed by atoms with Crippen molar-refractivity contribution in [1.29, 1.82) is 0 Å². The molecule has 0 bridgehead atoms. The molecule has 4 aromatic rings. The molecule has 3 heterocycles. The molecule has 0 aliphatic rings. The van der Waals surface area contributed by atoms with Crippen LogP contribution in [0.5, 0.6) is 0 Å². The van der Waals surface area contributed by atoms with Gasteiger partial charge in [-0.15, -0.1) is 0 Å². The largest absolute Gasteiger partial charge is 0.411 e. The van der Waals surface area contributed by atoms with Crippen LogP contribution in [0.15, 0.2) is 60.9 Å². The lowest BCUT2D eigenvalue weighted by Crippen LogP contribution is -2.40. The molecule has 41 heavy (non-hydrogen) atoms. The van der Waals surface area contributed by atoms with E-state index in [1.54, 1.807) is 0 Å². The summed E-state index contributed by atoms with van der Waals surface area (Å²) in [4.78, 5) is 9.62. The molecule has 7 nitrogen and oxygen atoms in total. The summed E-state index contributed by atoms with van der Waals surface area (Å²) in [6.07, 6.45) is 6.52. The van der Waals surface area contributed by atoms with Crippen molar-refractivity contribution in [3.05, 3.63) is 72.2 Å². The fourth-order valence-electron chi connectivity index (χ4n) is 4.77. The van der Waals surface area contributed by atoms with E-state index in [9.17, 15) is 4.21 Å². The molecule has 0 spiro atoms. The summed E-state index contributed by atoms with van der Waals surface area (Å²) in [5.74, 6) is 1.01. The van der Waals surface area contributed by atoms with Crippen molar-refractivity contribution in [2.75, 3.05) is 0 Å². The highest BCUT2D eigenvalue weighted by Gasteiger charge is 2.37. The van der Waals surface area contributed by atoms with Crippen molar-refractivity contribution in [2.45, 2.75) is 96.2 Å². The molecule has 0 fully saturated rings. The molecule has 2 atom stereocenters. The Hall–Kier alpha value is -2.72. The summed E-state index contributed by atoms with van der Waals surface area (Å²) < 4.78 is 20.0. The predicted molar refractivity (Wildman–Crippen MR) is 173 cm³/mol. The van der Waals surface area contributed by atoms with E-state index < -0.39 is 24.1 Å². The van der Waals surface area contributed by atoms with Gasteiger partial charge in [0.2, 0.25) is 0 Å². The highest BCUT2D eigenvalue weighted by atomic mass is 32.2. The Morgan fingerprint density at radius 1 is 1.07 bits per heavy atom. The third kappa shape index (κ3) is 7.20. The Morgan fingerprint density at radius 3 is 2.51 bits per heavy atom. The van der Waals surface area contributed by atoms with Crippen LogP contribution in [-0.2, 0) is 22.0 Å². The number of hydrogen-bond donors (Lipinski definition) is 1. The molecule has 1 aromatic carbocycles. The molecular formula is C32H45N5O2SSi. The van der Waals surface area contributed by atoms with Crippen LogP contribution in [0.1, 0.15) is 78.0 Å². The van der Waals surface area contributed by atoms with Gasteiger partial charge in [0.1, 0.15) is 0 Å². The second-order valence-corrected chi connectivity index (χ2v) is 19.6. The van der Waals surface area contributed by atoms with Gasteiger partial charge >= 0.3 is 0 Å². The lowest BCUT2D eigenvalue weighted by atomic mass is 9.86. The number of fused-ring (bicyclic) bond motifs is 1. The first kappa shape index (κ1) is 31.2. The number of pyridine rings is 2. The third-order valence-electron chi connectivity index (χ3n) is 8.44. The summed E-state index contributed by atoms with van der Waals surface area (Å²) in [6.45, 7) is 17.9. The van der Waals surface area contributed by atoms with Crippen molar-refractivity contribution < 1.29 is 8.63 Å². The normalized spacial score (nSPS) is 14.4. The Labute approximate surface area is 248 Å². The summed E-state index contributed by atoms with van der Waals surface area (Å²) in [5.41, 5.74) is 4.96. The molecule has 0 amide bonds. The van der Waals surface area contributed by atoms with Gasteiger partial charge in [-0.2, -0.15) is 5.10 Å². The molecule has 9 heteroatoms. The van der Waals surface area contributed by atoms with E-state index in [1.807, 2.05) is 49.1 Å². The van der Waals surface area contributed by atoms with Crippen LogP contribution in [0.25, 0.3) is 28.0 Å². The first-order valence-corrected chi connectivity index (χ1v) is 18.5. The highest BCUT2D eigenvalue weighted by molar-refractivity contribution is 7.84. The van der Waals surface area contributed by atoms with E-state index in [-0.39, 0.29) is 11.0 Å². The van der Waals surface area contributed by atoms with Gasteiger partial charge in [0, 0.05) is 17.1 Å². The van der Waals surface area contributed by atoms with Crippen molar-refractivity contribution in [1.82, 2.24) is 19.7 Å². The van der Waals surface area contributed by atoms with Gasteiger partial charge in [0.05, 0.1) is 45.4 Å². The van der Waals surface area contributed by atoms with Crippen molar-refractivity contribution in [3.63, 3.8) is 0 Å². The van der Waals surface area contributed by atoms with Crippen molar-refractivity contribution in [3.8, 4) is 17.1 Å². The maximum atomic E-state index is 12.2. The molecule has 0 aliphatic carbocycles. The van der Waals surface area contributed by atoms with Gasteiger partial charge in [-0.3, -0.25) is 10.1 Å². The van der Waals surface area contributed by atoms with Crippen molar-refractivity contribution >= 4 is 30.2 Å². The number of nitrogens with two attached hydrogens (primary N) is 1. The molecule has 3 aromatic heterocycles. The fourth-order valence-corrected chi connectivity index (χ4v) is 6.07. The van der Waals surface area contributed by atoms with Gasteiger partial charge in [-0.25, -0.2) is 13.9 Å². The van der Waals surface area contributed by atoms with Crippen molar-refractivity contribution in [2.24, 2.45) is 5.14 Å². The molecule has 0 radical (unpaired) electrons. The van der Waals surface area contributed by atoms with Gasteiger partial charge in [-0.1, -0.05) is 52.3 Å². The maximum Gasteiger partial charge on any atom is 0.192 e. The first-order chi connectivity index (χ1) is 19.2. The lowest BCUT2D eigenvalue weighted by Gasteiger charge is -2.36. The second-order valence-electron chi connectivity index (χ2n) is 13.1. The second kappa shape index (κ2) is 12.3. The van der Waals surface area contributed by atoms with E-state index in [2.05, 4.69) is 76.2 Å². The summed E-state index contributed by atoms with van der Waals surface area (Å²) >= 11 is 0. The topological polar surface area (TPSA) is 95.9 Å². The predicted octanol–water partition coefficient (Wildman–Crippen LogP) is 7.68. The van der Waals surface area contributed by atoms with Gasteiger partial charge < -0.3 is 4.43 Å². The van der Waals surface area contributed by atoms with Crippen LogP contribution in [0, 0.1) is 0 Å². The minimum Gasteiger partial charge on any atom is -0.411 e. The van der Waals surface area contributed by atoms with Crippen LogP contribution in [-0.4, -0.2) is 37.0 Å². The highest BCUT2D eigenvalue weighted by Crippen LogP contribution is 2.37. The number of rotatable bonds is 11. The zero-order valence-corrected chi connectivity index (χ0v) is 27.6. The van der Waals surface area contributed by atoms with Crippen LogP contribution in [0.3, 0.4) is 0 Å². The Morgan fingerprint density at radius 2 is 1.83 bits per heavy atom. The molecule has 0 saturated heterocycles. The minimum absolute atomic E-state index is 0.139. The smallest absolute Gasteiger partial charge is 0.192 e. The molecule has 1 unspecified atom stereocenters. The minimum atomic E-state index is -1.89. The molecule has 2 N–H and O–H groups in total. The van der Waals surface area contributed by atoms with E-state index in [0.717, 1.165) is 52.9 Å². The van der Waals surface area contributed by atoms with Gasteiger partial charge in [0.25, 0.3) is 0 Å². The third-order valence-corrected chi connectivity index (χ3v) is 14.2. The number of benzene rings is 1. The maximum absolute atomic E-state index is 12.2. The Kier molecular flexibility index (Phi) is 9.33. The van der Waals surface area contributed by atoms with Gasteiger partial charge in [0.15, 0.2) is 14.1 Å². The van der Waals surface area contributed by atoms with Crippen LogP contribution >= 0.6 is 0 Å². The van der Waals surface area contributed by atoms with Crippen LogP contribution in [0.4, 0.5) is 0 Å². The summed E-state index contributed by atoms with van der Waals surface area (Å²) in [7, 11) is -3.28. The average Bonchev–Trinajstić information content (AvgIpc) is 3.34. The van der Waals surface area contributed by atoms with E-state index in [4.69, 9.17) is 19.5 Å². The first-order valence-electron chi connectivity index (χ1n) is 14.4. The average molecular weight is 592 g/mol. The number of nitrogens with zero attached hydrogens (tertiary/aromatic N) is 4. The van der Waals surface area contributed by atoms with E-state index in [0.29, 0.717) is 6.61 Å². The van der Waals surface area contributed by atoms with Crippen LogP contribution < -0.4 is 5.14 Å². The Balaban J connectivity index is 1.64. The quantitative estimate of drug-likeness (QED) is 0.181. The zero-order chi connectivity index (χ0) is 30.0. The SMILES string of the molecule is CCC[C@@H](CC(C)(C)S(N)=O)c1ccnc(-c2ccc3cnn(-c4cccc(CO[Si](C)(C)C(C)(C)C)n4)c3c2)c1. The molecular weight excluding hydrogens is 547 g/mol. The number of hydrogen-bond acceptors (Lipinski definition) is 5. The van der Waals surface area contributed by atoms with E-state index >= 15 is 0 Å². The molecule has 0 saturated carbocycles. The van der Waals surface area contributed by atoms with Crippen LogP contribution in [0.2, 0.25) is 18.1 Å². The standard InChI is InChI=1S/C32H45N5O2SSi/c1-9-11-25(20-32(5,6)40(33)38)23-16-17-34-28(18-23)24-14-15-26-21-35-37(29(26)19-24)30-13-10-12-27(36-30)22-39-41(7,8)31(2,3)4/h10,12-19,21,25H,9,11,20,22,33H2,1-8H3/t25-,40?/m0/s1. The molecule has 0 aliphatic heterocycles. The monoisotopic (exact) mass is 591 g/mol. The molecule has 4 rings (SSSR count). The Bertz CT molecular complexity index is 1530. The van der Waals surface area contributed by atoms with Gasteiger partial charge in [-0.05, 0) is 86.6 Å². The number of aromatic nitrogens is 4. The van der Waals surface area contributed by atoms with E-state index in [1.165, 1.54) is 5.56 Å².